The smallest absolute Gasteiger partial charge is 0.267 e. The Morgan fingerprint density at radius 1 is 1.17 bits per heavy atom. The third-order valence-electron chi connectivity index (χ3n) is 2.66. The molecule has 2 rings (SSSR count). The maximum atomic E-state index is 12.3. The Hall–Kier alpha value is -1.88. The minimum Gasteiger partial charge on any atom is -0.303 e. The van der Waals surface area contributed by atoms with Gasteiger partial charge in [-0.05, 0) is 31.2 Å². The summed E-state index contributed by atoms with van der Waals surface area (Å²) in [7, 11) is -3.61. The van der Waals surface area contributed by atoms with Crippen LogP contribution in [0.2, 0.25) is 0 Å². The Bertz CT molecular complexity index is 654. The highest BCUT2D eigenvalue weighted by Crippen LogP contribution is 2.17. The van der Waals surface area contributed by atoms with Crippen LogP contribution in [-0.2, 0) is 21.2 Å². The summed E-state index contributed by atoms with van der Waals surface area (Å²) in [6.45, 7) is 1.89. The van der Waals surface area contributed by atoms with Crippen molar-refractivity contribution in [2.24, 2.45) is 0 Å². The number of aromatic nitrogens is 1. The molecule has 1 aromatic heterocycles. The van der Waals surface area contributed by atoms with Crippen LogP contribution in [0.25, 0.3) is 0 Å². The maximum absolute atomic E-state index is 12.3. The fourth-order valence-electron chi connectivity index (χ4n) is 1.70. The first kappa shape index (κ1) is 12.6. The molecule has 1 heterocycles. The maximum Gasteiger partial charge on any atom is 0.267 e. The summed E-state index contributed by atoms with van der Waals surface area (Å²) in [5.41, 5.74) is 1.46. The number of rotatable bonds is 4. The van der Waals surface area contributed by atoms with E-state index in [1.165, 1.54) is 6.20 Å². The summed E-state index contributed by atoms with van der Waals surface area (Å²) in [5.74, 6) is 0. The fourth-order valence-corrected chi connectivity index (χ4v) is 3.08. The predicted octanol–water partition coefficient (Wildman–Crippen LogP) is 1.77. The molecule has 0 saturated heterocycles. The topological polar surface area (TPSA) is 56.1 Å². The van der Waals surface area contributed by atoms with Crippen LogP contribution in [0.1, 0.15) is 11.3 Å². The lowest BCUT2D eigenvalue weighted by Crippen LogP contribution is -2.15. The second-order valence-corrected chi connectivity index (χ2v) is 5.80. The van der Waals surface area contributed by atoms with Crippen molar-refractivity contribution in [3.8, 4) is 0 Å². The first-order valence-electron chi connectivity index (χ1n) is 5.48. The molecule has 0 aliphatic rings. The predicted molar refractivity (Wildman–Crippen MR) is 68.0 cm³/mol. The molecule has 0 aliphatic carbocycles. The van der Waals surface area contributed by atoms with Gasteiger partial charge in [0.25, 0.3) is 10.0 Å². The van der Waals surface area contributed by atoms with Gasteiger partial charge in [0.1, 0.15) is 6.29 Å². The van der Waals surface area contributed by atoms with Gasteiger partial charge in [0.15, 0.2) is 0 Å². The summed E-state index contributed by atoms with van der Waals surface area (Å²) in [6.07, 6.45) is 2.22. The van der Waals surface area contributed by atoms with Gasteiger partial charge in [-0.1, -0.05) is 17.7 Å². The molecule has 94 valence electrons. The fraction of sp³-hybridized carbons (Fsp3) is 0.154. The number of aldehydes is 1. The molecular formula is C13H13NO3S. The lowest BCUT2D eigenvalue weighted by Gasteiger charge is -2.09. The van der Waals surface area contributed by atoms with Gasteiger partial charge in [-0.3, -0.25) is 0 Å². The lowest BCUT2D eigenvalue weighted by atomic mass is 10.2. The highest BCUT2D eigenvalue weighted by atomic mass is 32.2. The van der Waals surface area contributed by atoms with Crippen molar-refractivity contribution >= 4 is 16.3 Å². The molecule has 0 N–H and O–H groups in total. The monoisotopic (exact) mass is 263 g/mol. The molecule has 5 heteroatoms. The van der Waals surface area contributed by atoms with Crippen molar-refractivity contribution < 1.29 is 13.2 Å². The van der Waals surface area contributed by atoms with Gasteiger partial charge in [0, 0.05) is 18.3 Å². The van der Waals surface area contributed by atoms with E-state index in [1.54, 1.807) is 36.4 Å². The van der Waals surface area contributed by atoms with Crippen LogP contribution < -0.4 is 0 Å². The zero-order valence-corrected chi connectivity index (χ0v) is 10.7. The van der Waals surface area contributed by atoms with Gasteiger partial charge >= 0.3 is 0 Å². The van der Waals surface area contributed by atoms with Gasteiger partial charge in [0.2, 0.25) is 0 Å². The Morgan fingerprint density at radius 2 is 1.83 bits per heavy atom. The Morgan fingerprint density at radius 3 is 2.44 bits per heavy atom. The van der Waals surface area contributed by atoms with Crippen molar-refractivity contribution in [3.05, 3.63) is 53.9 Å². The average molecular weight is 263 g/mol. The summed E-state index contributed by atoms with van der Waals surface area (Å²) >= 11 is 0. The van der Waals surface area contributed by atoms with Gasteiger partial charge in [-0.25, -0.2) is 12.4 Å². The van der Waals surface area contributed by atoms with E-state index in [0.717, 1.165) is 9.54 Å². The highest BCUT2D eigenvalue weighted by molar-refractivity contribution is 7.90. The Labute approximate surface area is 106 Å². The van der Waals surface area contributed by atoms with Crippen molar-refractivity contribution in [2.45, 2.75) is 18.2 Å². The van der Waals surface area contributed by atoms with Gasteiger partial charge in [-0.2, -0.15) is 0 Å². The number of carbonyl (C=O) groups excluding carboxylic acids is 1. The van der Waals surface area contributed by atoms with Gasteiger partial charge in [0.05, 0.1) is 4.90 Å². The molecule has 4 nitrogen and oxygen atoms in total. The molecule has 1 aromatic carbocycles. The second kappa shape index (κ2) is 4.78. The van der Waals surface area contributed by atoms with Crippen LogP contribution in [0.5, 0.6) is 0 Å². The third-order valence-corrected chi connectivity index (χ3v) is 4.41. The molecule has 0 aliphatic heterocycles. The minimum absolute atomic E-state index is 0.0814. The average Bonchev–Trinajstić information content (AvgIpc) is 2.79. The highest BCUT2D eigenvalue weighted by Gasteiger charge is 2.18. The van der Waals surface area contributed by atoms with Gasteiger partial charge < -0.3 is 4.79 Å². The van der Waals surface area contributed by atoms with E-state index in [4.69, 9.17) is 0 Å². The van der Waals surface area contributed by atoms with Crippen LogP contribution in [0.4, 0.5) is 0 Å². The van der Waals surface area contributed by atoms with E-state index in [2.05, 4.69) is 0 Å². The molecule has 0 saturated carbocycles. The van der Waals surface area contributed by atoms with Crippen LogP contribution in [-0.4, -0.2) is 18.7 Å². The summed E-state index contributed by atoms with van der Waals surface area (Å²) < 4.78 is 25.8. The van der Waals surface area contributed by atoms with Crippen LogP contribution in [0.3, 0.4) is 0 Å². The third kappa shape index (κ3) is 2.22. The Kier molecular flexibility index (Phi) is 3.34. The van der Waals surface area contributed by atoms with Crippen molar-refractivity contribution in [1.82, 2.24) is 3.97 Å². The van der Waals surface area contributed by atoms with E-state index < -0.39 is 10.0 Å². The quantitative estimate of drug-likeness (QED) is 0.790. The number of carbonyl (C=O) groups is 1. The Balaban J connectivity index is 2.51. The number of nitrogens with zero attached hydrogens (tertiary/aromatic N) is 1. The van der Waals surface area contributed by atoms with Crippen LogP contribution in [0, 0.1) is 6.92 Å². The molecule has 0 bridgehead atoms. The van der Waals surface area contributed by atoms with Crippen molar-refractivity contribution in [3.63, 3.8) is 0 Å². The second-order valence-electron chi connectivity index (χ2n) is 3.98. The summed E-state index contributed by atoms with van der Waals surface area (Å²) in [4.78, 5) is 10.7. The first-order valence-corrected chi connectivity index (χ1v) is 6.92. The molecule has 0 atom stereocenters. The molecule has 0 amide bonds. The number of benzene rings is 1. The zero-order chi connectivity index (χ0) is 13.2. The SMILES string of the molecule is Cc1ccc(S(=O)(=O)n2cccc2CC=O)cc1. The first-order chi connectivity index (χ1) is 8.55. The van der Waals surface area contributed by atoms with E-state index in [-0.39, 0.29) is 11.3 Å². The minimum atomic E-state index is -3.61. The largest absolute Gasteiger partial charge is 0.303 e. The number of hydrogen-bond donors (Lipinski definition) is 0. The number of aryl methyl sites for hydroxylation is 1. The number of hydrogen-bond acceptors (Lipinski definition) is 3. The summed E-state index contributed by atoms with van der Waals surface area (Å²) in [6, 6.07) is 9.86. The standard InChI is InChI=1S/C13H13NO3S/c1-11-4-6-13(7-5-11)18(16,17)14-9-2-3-12(14)8-10-15/h2-7,9-10H,8H2,1H3. The molecular weight excluding hydrogens is 250 g/mol. The van der Waals surface area contributed by atoms with Crippen molar-refractivity contribution in [1.29, 1.82) is 0 Å². The summed E-state index contributed by atoms with van der Waals surface area (Å²) in [5, 5.41) is 0. The normalized spacial score (nSPS) is 11.4. The molecule has 0 spiro atoms. The van der Waals surface area contributed by atoms with Gasteiger partial charge in [-0.15, -0.1) is 0 Å². The molecule has 0 radical (unpaired) electrons. The molecule has 18 heavy (non-hydrogen) atoms. The molecule has 0 fully saturated rings. The lowest BCUT2D eigenvalue weighted by molar-refractivity contribution is -0.107. The zero-order valence-electron chi connectivity index (χ0n) is 9.91. The molecule has 2 aromatic rings. The van der Waals surface area contributed by atoms with E-state index in [1.807, 2.05) is 6.92 Å². The van der Waals surface area contributed by atoms with E-state index in [0.29, 0.717) is 12.0 Å². The van der Waals surface area contributed by atoms with E-state index >= 15 is 0 Å². The molecule has 0 unspecified atom stereocenters. The van der Waals surface area contributed by atoms with Crippen molar-refractivity contribution in [2.75, 3.05) is 0 Å². The van der Waals surface area contributed by atoms with E-state index in [9.17, 15) is 13.2 Å². The van der Waals surface area contributed by atoms with Crippen LogP contribution >= 0.6 is 0 Å². The van der Waals surface area contributed by atoms with Crippen LogP contribution in [0.15, 0.2) is 47.5 Å².